The van der Waals surface area contributed by atoms with Crippen molar-refractivity contribution in [3.8, 4) is 0 Å². The van der Waals surface area contributed by atoms with Crippen molar-refractivity contribution in [1.82, 2.24) is 15.2 Å². The summed E-state index contributed by atoms with van der Waals surface area (Å²) in [5.41, 5.74) is 2.71. The van der Waals surface area contributed by atoms with Crippen LogP contribution in [0.1, 0.15) is 31.9 Å². The zero-order valence-corrected chi connectivity index (χ0v) is 15.0. The SMILES string of the molecule is CC(C)C[C@@H](c1ccc2cc[nH]c2c1)N1CCNCC1.Cl.Cl. The summed E-state index contributed by atoms with van der Waals surface area (Å²) in [5, 5.41) is 4.76. The molecule has 1 aromatic carbocycles. The van der Waals surface area contributed by atoms with Gasteiger partial charge in [-0.15, -0.1) is 24.8 Å². The molecule has 3 rings (SSSR count). The van der Waals surface area contributed by atoms with E-state index in [2.05, 4.69) is 53.3 Å². The normalized spacial score (nSPS) is 17.0. The van der Waals surface area contributed by atoms with Gasteiger partial charge in [-0.05, 0) is 35.4 Å². The van der Waals surface area contributed by atoms with Crippen LogP contribution in [0.4, 0.5) is 0 Å². The van der Waals surface area contributed by atoms with Crippen LogP contribution in [-0.4, -0.2) is 36.1 Å². The molecule has 2 heterocycles. The standard InChI is InChI=1S/C17H25N3.2ClH/c1-13(2)11-17(20-9-7-18-8-10-20)15-4-3-14-5-6-19-16(14)12-15;;/h3-6,12-13,17-19H,7-11H2,1-2H3;2*1H/t17-;;/m0../s1. The van der Waals surface area contributed by atoms with Crippen LogP contribution < -0.4 is 5.32 Å². The summed E-state index contributed by atoms with van der Waals surface area (Å²) in [6.07, 6.45) is 3.25. The molecule has 2 aromatic rings. The molecule has 1 aromatic heterocycles. The lowest BCUT2D eigenvalue weighted by Crippen LogP contribution is -2.45. The molecular formula is C17H27Cl2N3. The molecule has 0 unspecified atom stereocenters. The Labute approximate surface area is 145 Å². The Hall–Kier alpha value is -0.740. The van der Waals surface area contributed by atoms with E-state index in [4.69, 9.17) is 0 Å². The van der Waals surface area contributed by atoms with Crippen LogP contribution >= 0.6 is 24.8 Å². The third-order valence-corrected chi connectivity index (χ3v) is 4.25. The van der Waals surface area contributed by atoms with E-state index in [0.29, 0.717) is 12.0 Å². The second kappa shape index (κ2) is 8.78. The molecule has 0 amide bonds. The summed E-state index contributed by atoms with van der Waals surface area (Å²) < 4.78 is 0. The maximum atomic E-state index is 3.45. The molecule has 1 aliphatic heterocycles. The van der Waals surface area contributed by atoms with Crippen LogP contribution in [-0.2, 0) is 0 Å². The Kier molecular flexibility index (Phi) is 7.70. The molecule has 0 bridgehead atoms. The van der Waals surface area contributed by atoms with E-state index in [1.54, 1.807) is 0 Å². The molecule has 0 aliphatic carbocycles. The van der Waals surface area contributed by atoms with Crippen molar-refractivity contribution >= 4 is 35.7 Å². The number of rotatable bonds is 4. The smallest absolute Gasteiger partial charge is 0.0457 e. The fraction of sp³-hybridized carbons (Fsp3) is 0.529. The molecule has 3 nitrogen and oxygen atoms in total. The number of H-pyrrole nitrogens is 1. The highest BCUT2D eigenvalue weighted by Crippen LogP contribution is 2.30. The van der Waals surface area contributed by atoms with Gasteiger partial charge in [0, 0.05) is 43.9 Å². The van der Waals surface area contributed by atoms with Crippen LogP contribution in [0.15, 0.2) is 30.5 Å². The van der Waals surface area contributed by atoms with Crippen LogP contribution in [0.3, 0.4) is 0 Å². The van der Waals surface area contributed by atoms with E-state index < -0.39 is 0 Å². The number of halogens is 2. The third kappa shape index (κ3) is 4.39. The second-order valence-electron chi connectivity index (χ2n) is 6.26. The molecular weight excluding hydrogens is 317 g/mol. The minimum Gasteiger partial charge on any atom is -0.361 e. The van der Waals surface area contributed by atoms with E-state index in [9.17, 15) is 0 Å². The van der Waals surface area contributed by atoms with Crippen molar-refractivity contribution in [1.29, 1.82) is 0 Å². The van der Waals surface area contributed by atoms with Gasteiger partial charge < -0.3 is 10.3 Å². The van der Waals surface area contributed by atoms with Crippen LogP contribution in [0.25, 0.3) is 10.9 Å². The summed E-state index contributed by atoms with van der Waals surface area (Å²) in [7, 11) is 0. The van der Waals surface area contributed by atoms with E-state index in [1.807, 2.05) is 6.20 Å². The lowest BCUT2D eigenvalue weighted by Gasteiger charge is -2.36. The average Bonchev–Trinajstić information content (AvgIpc) is 2.93. The number of aromatic nitrogens is 1. The first-order valence-electron chi connectivity index (χ1n) is 7.76. The highest BCUT2D eigenvalue weighted by Gasteiger charge is 2.23. The molecule has 1 fully saturated rings. The number of hydrogen-bond donors (Lipinski definition) is 2. The minimum atomic E-state index is 0. The summed E-state index contributed by atoms with van der Waals surface area (Å²) in [6.45, 7) is 9.17. The number of nitrogens with one attached hydrogen (secondary N) is 2. The molecule has 2 N–H and O–H groups in total. The molecule has 0 saturated carbocycles. The van der Waals surface area contributed by atoms with Crippen LogP contribution in [0, 0.1) is 5.92 Å². The summed E-state index contributed by atoms with van der Waals surface area (Å²) in [4.78, 5) is 5.98. The zero-order valence-electron chi connectivity index (χ0n) is 13.3. The number of hydrogen-bond acceptors (Lipinski definition) is 2. The minimum absolute atomic E-state index is 0. The van der Waals surface area contributed by atoms with E-state index in [1.165, 1.54) is 22.9 Å². The maximum Gasteiger partial charge on any atom is 0.0457 e. The van der Waals surface area contributed by atoms with Gasteiger partial charge in [0.05, 0.1) is 0 Å². The Bertz CT molecular complexity index is 562. The van der Waals surface area contributed by atoms with Gasteiger partial charge in [-0.3, -0.25) is 4.90 Å². The number of piperazine rings is 1. The predicted octanol–water partition coefficient (Wildman–Crippen LogP) is 4.00. The van der Waals surface area contributed by atoms with Crippen molar-refractivity contribution < 1.29 is 0 Å². The largest absolute Gasteiger partial charge is 0.361 e. The monoisotopic (exact) mass is 343 g/mol. The van der Waals surface area contributed by atoms with Gasteiger partial charge >= 0.3 is 0 Å². The van der Waals surface area contributed by atoms with Crippen molar-refractivity contribution in [2.24, 2.45) is 5.92 Å². The fourth-order valence-electron chi connectivity index (χ4n) is 3.21. The van der Waals surface area contributed by atoms with Gasteiger partial charge in [0.2, 0.25) is 0 Å². The Morgan fingerprint density at radius 3 is 2.50 bits per heavy atom. The van der Waals surface area contributed by atoms with Crippen LogP contribution in [0.5, 0.6) is 0 Å². The first-order valence-corrected chi connectivity index (χ1v) is 7.76. The molecule has 1 aliphatic rings. The highest BCUT2D eigenvalue weighted by molar-refractivity contribution is 5.85. The molecule has 0 spiro atoms. The predicted molar refractivity (Wildman–Crippen MR) is 99.4 cm³/mol. The summed E-state index contributed by atoms with van der Waals surface area (Å²) in [6, 6.07) is 9.58. The quantitative estimate of drug-likeness (QED) is 0.878. The third-order valence-electron chi connectivity index (χ3n) is 4.25. The first-order chi connectivity index (χ1) is 9.74. The summed E-state index contributed by atoms with van der Waals surface area (Å²) in [5.74, 6) is 0.717. The maximum absolute atomic E-state index is 3.45. The molecule has 5 heteroatoms. The topological polar surface area (TPSA) is 31.1 Å². The van der Waals surface area contributed by atoms with Gasteiger partial charge in [0.25, 0.3) is 0 Å². The van der Waals surface area contributed by atoms with E-state index in [0.717, 1.165) is 26.2 Å². The van der Waals surface area contributed by atoms with Gasteiger partial charge in [0.1, 0.15) is 0 Å². The second-order valence-corrected chi connectivity index (χ2v) is 6.26. The lowest BCUT2D eigenvalue weighted by molar-refractivity contribution is 0.154. The lowest BCUT2D eigenvalue weighted by atomic mass is 9.94. The van der Waals surface area contributed by atoms with Crippen molar-refractivity contribution in [2.45, 2.75) is 26.3 Å². The molecule has 0 radical (unpaired) electrons. The molecule has 1 atom stereocenters. The van der Waals surface area contributed by atoms with Gasteiger partial charge in [0.15, 0.2) is 0 Å². The van der Waals surface area contributed by atoms with Gasteiger partial charge in [-0.2, -0.15) is 0 Å². The van der Waals surface area contributed by atoms with Crippen molar-refractivity contribution in [3.05, 3.63) is 36.0 Å². The van der Waals surface area contributed by atoms with Gasteiger partial charge in [-0.25, -0.2) is 0 Å². The number of aromatic amines is 1. The van der Waals surface area contributed by atoms with E-state index in [-0.39, 0.29) is 24.8 Å². The number of fused-ring (bicyclic) bond motifs is 1. The Balaban J connectivity index is 0.00000121. The Morgan fingerprint density at radius 2 is 1.82 bits per heavy atom. The molecule has 1 saturated heterocycles. The van der Waals surface area contributed by atoms with Crippen molar-refractivity contribution in [3.63, 3.8) is 0 Å². The number of nitrogens with zero attached hydrogens (tertiary/aromatic N) is 1. The van der Waals surface area contributed by atoms with E-state index >= 15 is 0 Å². The van der Waals surface area contributed by atoms with Crippen LogP contribution in [0.2, 0.25) is 0 Å². The zero-order chi connectivity index (χ0) is 13.9. The fourth-order valence-corrected chi connectivity index (χ4v) is 3.21. The molecule has 22 heavy (non-hydrogen) atoms. The molecule has 124 valence electrons. The van der Waals surface area contributed by atoms with Crippen molar-refractivity contribution in [2.75, 3.05) is 26.2 Å². The highest BCUT2D eigenvalue weighted by atomic mass is 35.5. The number of benzene rings is 1. The average molecular weight is 344 g/mol. The van der Waals surface area contributed by atoms with Gasteiger partial charge in [-0.1, -0.05) is 26.0 Å². The summed E-state index contributed by atoms with van der Waals surface area (Å²) >= 11 is 0. The first kappa shape index (κ1) is 19.3. The Morgan fingerprint density at radius 1 is 1.09 bits per heavy atom.